The van der Waals surface area contributed by atoms with Crippen molar-refractivity contribution in [2.45, 2.75) is 5.92 Å². The van der Waals surface area contributed by atoms with E-state index in [2.05, 4.69) is 15.5 Å². The van der Waals surface area contributed by atoms with Gasteiger partial charge in [0, 0.05) is 30.3 Å². The van der Waals surface area contributed by atoms with Gasteiger partial charge in [-0.05, 0) is 30.3 Å². The zero-order valence-electron chi connectivity index (χ0n) is 16.9. The van der Waals surface area contributed by atoms with Crippen LogP contribution in [0.25, 0.3) is 22.2 Å². The molecule has 4 aromatic rings. The van der Waals surface area contributed by atoms with Crippen LogP contribution in [0.15, 0.2) is 48.7 Å². The highest BCUT2D eigenvalue weighted by Gasteiger charge is 2.42. The molecule has 0 saturated carbocycles. The van der Waals surface area contributed by atoms with Crippen LogP contribution in [0, 0.1) is 22.5 Å². The quantitative estimate of drug-likeness (QED) is 0.185. The minimum Gasteiger partial charge on any atom is -0.326 e. The van der Waals surface area contributed by atoms with Gasteiger partial charge in [0.15, 0.2) is 5.84 Å². The Morgan fingerprint density at radius 2 is 1.85 bits per heavy atom. The van der Waals surface area contributed by atoms with E-state index in [4.69, 9.17) is 10.8 Å². The van der Waals surface area contributed by atoms with E-state index in [1.54, 1.807) is 7.05 Å². The molecule has 33 heavy (non-hydrogen) atoms. The van der Waals surface area contributed by atoms with E-state index < -0.39 is 34.4 Å². The van der Waals surface area contributed by atoms with Crippen LogP contribution in [-0.4, -0.2) is 31.8 Å². The molecule has 12 heteroatoms. The topological polar surface area (TPSA) is 112 Å². The van der Waals surface area contributed by atoms with Gasteiger partial charge in [-0.1, -0.05) is 6.07 Å². The number of benzene rings is 2. The summed E-state index contributed by atoms with van der Waals surface area (Å²) in [5.41, 5.74) is -1.43. The number of amides is 1. The minimum atomic E-state index is -4.15. The number of aryl methyl sites for hydroxylation is 1. The maximum Gasteiger partial charge on any atom is 0.334 e. The SMILES string of the molecule is Cn1cc2cc(C(F)(F)C(=N)n3nc(-c4ccc(NC=O)c(F)c4)ccc3=N)c(F)cc2n1. The first-order valence-corrected chi connectivity index (χ1v) is 9.37. The van der Waals surface area contributed by atoms with Gasteiger partial charge in [0.1, 0.15) is 17.1 Å². The standard InChI is InChI=1S/C21H15F4N7O/c1-31-9-12-6-13(14(22)8-18(12)29-31)21(24,25)20(27)32-19(26)5-4-16(30-32)11-2-3-17(28-10-33)15(23)7-11/h2-10,26-27H,1H3,(H,28,33). The van der Waals surface area contributed by atoms with Gasteiger partial charge in [0.25, 0.3) is 0 Å². The van der Waals surface area contributed by atoms with Gasteiger partial charge in [-0.3, -0.25) is 20.3 Å². The van der Waals surface area contributed by atoms with Crippen LogP contribution in [0.5, 0.6) is 0 Å². The van der Waals surface area contributed by atoms with Gasteiger partial charge in [-0.2, -0.15) is 23.7 Å². The molecule has 2 aromatic carbocycles. The van der Waals surface area contributed by atoms with Gasteiger partial charge in [-0.15, -0.1) is 0 Å². The third-order valence-corrected chi connectivity index (χ3v) is 4.87. The maximum absolute atomic E-state index is 15.2. The second-order valence-corrected chi connectivity index (χ2v) is 7.09. The number of alkyl halides is 2. The monoisotopic (exact) mass is 457 g/mol. The summed E-state index contributed by atoms with van der Waals surface area (Å²) in [6.07, 6.45) is 1.72. The van der Waals surface area contributed by atoms with E-state index in [0.29, 0.717) is 11.1 Å². The average molecular weight is 457 g/mol. The maximum atomic E-state index is 15.2. The van der Waals surface area contributed by atoms with Crippen molar-refractivity contribution in [3.05, 3.63) is 71.3 Å². The number of hydrogen-bond acceptors (Lipinski definition) is 5. The summed E-state index contributed by atoms with van der Waals surface area (Å²) in [7, 11) is 1.56. The van der Waals surface area contributed by atoms with E-state index in [1.165, 1.54) is 29.1 Å². The largest absolute Gasteiger partial charge is 0.334 e. The first kappa shape index (κ1) is 21.9. The van der Waals surface area contributed by atoms with Crippen molar-refractivity contribution >= 4 is 28.8 Å². The molecular formula is C21H15F4N7O. The van der Waals surface area contributed by atoms with Crippen LogP contribution in [0.3, 0.4) is 0 Å². The van der Waals surface area contributed by atoms with Crippen molar-refractivity contribution in [3.63, 3.8) is 0 Å². The number of anilines is 1. The molecule has 0 radical (unpaired) electrons. The molecule has 2 heterocycles. The van der Waals surface area contributed by atoms with Crippen LogP contribution >= 0.6 is 0 Å². The van der Waals surface area contributed by atoms with Crippen LogP contribution in [0.2, 0.25) is 0 Å². The van der Waals surface area contributed by atoms with Crippen LogP contribution in [-0.2, 0) is 17.8 Å². The van der Waals surface area contributed by atoms with Crippen LogP contribution in [0.1, 0.15) is 5.56 Å². The summed E-state index contributed by atoms with van der Waals surface area (Å²) in [4.78, 5) is 10.5. The van der Waals surface area contributed by atoms with Crippen molar-refractivity contribution in [3.8, 4) is 11.3 Å². The Hall–Kier alpha value is -4.35. The smallest absolute Gasteiger partial charge is 0.326 e. The van der Waals surface area contributed by atoms with E-state index in [0.717, 1.165) is 24.3 Å². The minimum absolute atomic E-state index is 0.0220. The first-order valence-electron chi connectivity index (χ1n) is 9.37. The fourth-order valence-electron chi connectivity index (χ4n) is 3.27. The van der Waals surface area contributed by atoms with E-state index in [9.17, 15) is 13.6 Å². The number of carbonyl (C=O) groups is 1. The number of nitrogens with zero attached hydrogens (tertiary/aromatic N) is 4. The zero-order valence-corrected chi connectivity index (χ0v) is 16.9. The predicted octanol–water partition coefficient (Wildman–Crippen LogP) is 3.38. The van der Waals surface area contributed by atoms with Crippen molar-refractivity contribution in [1.82, 2.24) is 19.6 Å². The molecule has 0 saturated heterocycles. The number of carbonyl (C=O) groups excluding carboxylic acids is 1. The number of aromatic nitrogens is 4. The second kappa shape index (κ2) is 7.97. The Kier molecular flexibility index (Phi) is 5.28. The van der Waals surface area contributed by atoms with Gasteiger partial charge in [0.05, 0.1) is 22.5 Å². The highest BCUT2D eigenvalue weighted by atomic mass is 19.3. The van der Waals surface area contributed by atoms with Crippen LogP contribution < -0.4 is 10.8 Å². The molecule has 2 aromatic heterocycles. The fraction of sp³-hybridized carbons (Fsp3) is 0.0952. The fourth-order valence-corrected chi connectivity index (χ4v) is 3.27. The van der Waals surface area contributed by atoms with Crippen molar-refractivity contribution in [2.24, 2.45) is 7.05 Å². The molecule has 0 aliphatic rings. The molecule has 4 rings (SSSR count). The molecule has 0 unspecified atom stereocenters. The molecule has 0 spiro atoms. The summed E-state index contributed by atoms with van der Waals surface area (Å²) < 4.78 is 60.8. The zero-order chi connectivity index (χ0) is 23.9. The van der Waals surface area contributed by atoms with Crippen LogP contribution in [0.4, 0.5) is 23.2 Å². The molecule has 0 aliphatic carbocycles. The third kappa shape index (κ3) is 3.86. The third-order valence-electron chi connectivity index (χ3n) is 4.87. The lowest BCUT2D eigenvalue weighted by Crippen LogP contribution is -2.40. The summed E-state index contributed by atoms with van der Waals surface area (Å²) >= 11 is 0. The van der Waals surface area contributed by atoms with Crippen molar-refractivity contribution < 1.29 is 22.4 Å². The molecule has 0 aliphatic heterocycles. The lowest BCUT2D eigenvalue weighted by molar-refractivity contribution is -0.105. The molecule has 8 nitrogen and oxygen atoms in total. The second-order valence-electron chi connectivity index (χ2n) is 7.09. The Morgan fingerprint density at radius 1 is 1.09 bits per heavy atom. The molecule has 168 valence electrons. The summed E-state index contributed by atoms with van der Waals surface area (Å²) in [6.45, 7) is 0. The number of fused-ring (bicyclic) bond motifs is 1. The summed E-state index contributed by atoms with van der Waals surface area (Å²) in [5, 5.41) is 26.2. The van der Waals surface area contributed by atoms with Crippen molar-refractivity contribution in [1.29, 1.82) is 10.8 Å². The molecule has 0 fully saturated rings. The number of nitrogens with one attached hydrogen (secondary N) is 3. The predicted molar refractivity (Wildman–Crippen MR) is 111 cm³/mol. The molecule has 0 atom stereocenters. The Bertz CT molecular complexity index is 1480. The Balaban J connectivity index is 1.77. The van der Waals surface area contributed by atoms with Gasteiger partial charge >= 0.3 is 5.92 Å². The molecule has 0 bridgehead atoms. The van der Waals surface area contributed by atoms with E-state index in [-0.39, 0.29) is 27.8 Å². The molecule has 3 N–H and O–H groups in total. The highest BCUT2D eigenvalue weighted by molar-refractivity contribution is 5.90. The highest BCUT2D eigenvalue weighted by Crippen LogP contribution is 2.34. The normalized spacial score (nSPS) is 11.5. The van der Waals surface area contributed by atoms with E-state index >= 15 is 8.78 Å². The summed E-state index contributed by atoms with van der Waals surface area (Å²) in [5.74, 6) is -7.67. The van der Waals surface area contributed by atoms with Gasteiger partial charge in [-0.25, -0.2) is 8.78 Å². The number of halogens is 4. The Labute approximate surface area is 183 Å². The number of rotatable bonds is 5. The van der Waals surface area contributed by atoms with Gasteiger partial charge in [0.2, 0.25) is 6.41 Å². The summed E-state index contributed by atoms with van der Waals surface area (Å²) in [6, 6.07) is 7.77. The molecular weight excluding hydrogens is 442 g/mol. The average Bonchev–Trinajstić information content (AvgIpc) is 3.13. The molecule has 1 amide bonds. The first-order chi connectivity index (χ1) is 15.6. The van der Waals surface area contributed by atoms with Gasteiger partial charge < -0.3 is 5.32 Å². The van der Waals surface area contributed by atoms with Crippen molar-refractivity contribution in [2.75, 3.05) is 5.32 Å². The lowest BCUT2D eigenvalue weighted by atomic mass is 10.0. The van der Waals surface area contributed by atoms with E-state index in [1.807, 2.05) is 0 Å². The number of hydrogen-bond donors (Lipinski definition) is 3. The Morgan fingerprint density at radius 3 is 2.55 bits per heavy atom. The lowest BCUT2D eigenvalue weighted by Gasteiger charge is -2.20.